The lowest BCUT2D eigenvalue weighted by Gasteiger charge is -2.09. The molecule has 0 spiro atoms. The van der Waals surface area contributed by atoms with Crippen LogP contribution in [0.4, 0.5) is 13.2 Å². The van der Waals surface area contributed by atoms with Gasteiger partial charge in [-0.15, -0.1) is 13.2 Å². The van der Waals surface area contributed by atoms with Crippen LogP contribution in [0.15, 0.2) is 48.8 Å². The number of fused-ring (bicyclic) bond motifs is 1. The molecule has 0 aliphatic rings. The van der Waals surface area contributed by atoms with E-state index in [-0.39, 0.29) is 11.3 Å². The number of halogens is 3. The number of H-pyrrole nitrogens is 1. The van der Waals surface area contributed by atoms with Crippen LogP contribution in [0.25, 0.3) is 11.0 Å². The van der Waals surface area contributed by atoms with Crippen molar-refractivity contribution in [2.75, 3.05) is 0 Å². The maximum absolute atomic E-state index is 12.4. The quantitative estimate of drug-likeness (QED) is 0.693. The predicted molar refractivity (Wildman–Crippen MR) is 75.2 cm³/mol. The van der Waals surface area contributed by atoms with Gasteiger partial charge in [0.1, 0.15) is 11.4 Å². The fourth-order valence-corrected chi connectivity index (χ4v) is 1.99. The van der Waals surface area contributed by atoms with E-state index in [1.165, 1.54) is 18.2 Å². The van der Waals surface area contributed by atoms with Crippen LogP contribution >= 0.6 is 0 Å². The first kappa shape index (κ1) is 14.0. The first-order valence-electron chi connectivity index (χ1n) is 6.32. The maximum atomic E-state index is 12.4. The molecule has 0 bridgehead atoms. The van der Waals surface area contributed by atoms with E-state index < -0.39 is 6.36 Å². The Morgan fingerprint density at radius 1 is 1.00 bits per heavy atom. The fourth-order valence-electron chi connectivity index (χ4n) is 1.99. The van der Waals surface area contributed by atoms with Gasteiger partial charge in [0, 0.05) is 23.3 Å². The molecular formula is C16H9F3N2O. The van der Waals surface area contributed by atoms with Gasteiger partial charge in [0.05, 0.1) is 5.56 Å². The third-order valence-corrected chi connectivity index (χ3v) is 2.90. The Balaban J connectivity index is 1.99. The summed E-state index contributed by atoms with van der Waals surface area (Å²) in [6.45, 7) is 0. The number of hydrogen-bond donors (Lipinski definition) is 1. The van der Waals surface area contributed by atoms with E-state index in [1.807, 2.05) is 6.07 Å². The molecule has 2 aromatic heterocycles. The third-order valence-electron chi connectivity index (χ3n) is 2.90. The molecule has 0 aliphatic heterocycles. The molecule has 3 aromatic rings. The van der Waals surface area contributed by atoms with Crippen LogP contribution in [-0.2, 0) is 0 Å². The average molecular weight is 302 g/mol. The average Bonchev–Trinajstić information content (AvgIpc) is 2.93. The van der Waals surface area contributed by atoms with Crippen molar-refractivity contribution in [2.24, 2.45) is 0 Å². The minimum atomic E-state index is -4.75. The summed E-state index contributed by atoms with van der Waals surface area (Å²) in [5.74, 6) is 5.26. The summed E-state index contributed by atoms with van der Waals surface area (Å²) in [5.41, 5.74) is 1.51. The molecule has 0 fully saturated rings. The Hall–Kier alpha value is -2.94. The molecule has 3 nitrogen and oxygen atoms in total. The molecule has 22 heavy (non-hydrogen) atoms. The molecule has 1 aromatic carbocycles. The number of nitrogens with zero attached hydrogens (tertiary/aromatic N) is 1. The van der Waals surface area contributed by atoms with Crippen LogP contribution in [0, 0.1) is 11.8 Å². The largest absolute Gasteiger partial charge is 0.573 e. The molecule has 0 saturated carbocycles. The van der Waals surface area contributed by atoms with E-state index in [9.17, 15) is 13.2 Å². The van der Waals surface area contributed by atoms with Crippen molar-refractivity contribution in [3.05, 3.63) is 59.9 Å². The van der Waals surface area contributed by atoms with Crippen LogP contribution in [0.3, 0.4) is 0 Å². The number of benzene rings is 1. The lowest BCUT2D eigenvalue weighted by atomic mass is 10.1. The van der Waals surface area contributed by atoms with Gasteiger partial charge in [-0.2, -0.15) is 0 Å². The summed E-state index contributed by atoms with van der Waals surface area (Å²) in [5, 5.41) is 0.809. The summed E-state index contributed by atoms with van der Waals surface area (Å²) >= 11 is 0. The Labute approximate surface area is 123 Å². The molecule has 0 radical (unpaired) electrons. The van der Waals surface area contributed by atoms with Crippen molar-refractivity contribution in [3.63, 3.8) is 0 Å². The van der Waals surface area contributed by atoms with E-state index in [1.54, 1.807) is 24.5 Å². The highest BCUT2D eigenvalue weighted by Gasteiger charge is 2.31. The summed E-state index contributed by atoms with van der Waals surface area (Å²) < 4.78 is 41.1. The third kappa shape index (κ3) is 3.04. The van der Waals surface area contributed by atoms with Crippen LogP contribution < -0.4 is 4.74 Å². The molecule has 0 unspecified atom stereocenters. The molecular weight excluding hydrogens is 293 g/mol. The number of aromatic nitrogens is 2. The fraction of sp³-hybridized carbons (Fsp3) is 0.0625. The highest BCUT2D eigenvalue weighted by atomic mass is 19.4. The summed E-state index contributed by atoms with van der Waals surface area (Å²) in [4.78, 5) is 7.07. The molecule has 1 N–H and O–H groups in total. The van der Waals surface area contributed by atoms with Crippen molar-refractivity contribution in [3.8, 4) is 17.6 Å². The van der Waals surface area contributed by atoms with Crippen molar-refractivity contribution in [1.29, 1.82) is 0 Å². The van der Waals surface area contributed by atoms with E-state index in [0.29, 0.717) is 11.2 Å². The monoisotopic (exact) mass is 302 g/mol. The van der Waals surface area contributed by atoms with E-state index in [4.69, 9.17) is 0 Å². The number of ether oxygens (including phenoxy) is 1. The summed E-state index contributed by atoms with van der Waals surface area (Å²) in [6, 6.07) is 9.29. The van der Waals surface area contributed by atoms with E-state index in [2.05, 4.69) is 26.5 Å². The number of pyridine rings is 1. The van der Waals surface area contributed by atoms with Gasteiger partial charge < -0.3 is 9.72 Å². The number of alkyl halides is 3. The van der Waals surface area contributed by atoms with E-state index >= 15 is 0 Å². The molecule has 0 aliphatic carbocycles. The Kier molecular flexibility index (Phi) is 3.47. The predicted octanol–water partition coefficient (Wildman–Crippen LogP) is 3.86. The van der Waals surface area contributed by atoms with Gasteiger partial charge in [-0.25, -0.2) is 4.98 Å². The minimum Gasteiger partial charge on any atom is -0.404 e. The molecule has 3 rings (SSSR count). The zero-order valence-corrected chi connectivity index (χ0v) is 11.1. The molecule has 2 heterocycles. The smallest absolute Gasteiger partial charge is 0.404 e. The first-order chi connectivity index (χ1) is 10.5. The van der Waals surface area contributed by atoms with Gasteiger partial charge in [-0.3, -0.25) is 0 Å². The minimum absolute atomic E-state index is 0.167. The number of nitrogens with one attached hydrogen (secondary N) is 1. The van der Waals surface area contributed by atoms with Crippen LogP contribution in [0.2, 0.25) is 0 Å². The zero-order valence-electron chi connectivity index (χ0n) is 11.1. The second-order valence-electron chi connectivity index (χ2n) is 4.39. The van der Waals surface area contributed by atoms with Gasteiger partial charge in [0.2, 0.25) is 0 Å². The van der Waals surface area contributed by atoms with Crippen LogP contribution in [0.5, 0.6) is 5.75 Å². The number of para-hydroxylation sites is 1. The second kappa shape index (κ2) is 5.45. The van der Waals surface area contributed by atoms with Gasteiger partial charge in [-0.1, -0.05) is 24.0 Å². The standard InChI is InChI=1S/C16H9F3N2O/c17-16(18,19)22-14-4-2-1-3-12(14)6-5-11-7-9-20-15-13(11)8-10-21-15/h1-4,7-10H,(H,20,21). The van der Waals surface area contributed by atoms with Gasteiger partial charge in [0.25, 0.3) is 0 Å². The number of hydrogen-bond acceptors (Lipinski definition) is 2. The van der Waals surface area contributed by atoms with Crippen molar-refractivity contribution in [2.45, 2.75) is 6.36 Å². The zero-order chi connectivity index (χ0) is 15.6. The van der Waals surface area contributed by atoms with Gasteiger partial charge >= 0.3 is 6.36 Å². The first-order valence-corrected chi connectivity index (χ1v) is 6.32. The number of aromatic amines is 1. The molecule has 110 valence electrons. The van der Waals surface area contributed by atoms with Crippen molar-refractivity contribution >= 4 is 11.0 Å². The highest BCUT2D eigenvalue weighted by Crippen LogP contribution is 2.25. The van der Waals surface area contributed by atoms with Crippen molar-refractivity contribution in [1.82, 2.24) is 9.97 Å². The number of rotatable bonds is 1. The maximum Gasteiger partial charge on any atom is 0.573 e. The van der Waals surface area contributed by atoms with Crippen LogP contribution in [-0.4, -0.2) is 16.3 Å². The Bertz CT molecular complexity index is 872. The topological polar surface area (TPSA) is 37.9 Å². The molecule has 0 amide bonds. The van der Waals surface area contributed by atoms with Crippen molar-refractivity contribution < 1.29 is 17.9 Å². The second-order valence-corrected chi connectivity index (χ2v) is 4.39. The normalized spacial score (nSPS) is 11.0. The summed E-state index contributed by atoms with van der Waals surface area (Å²) in [7, 11) is 0. The summed E-state index contributed by atoms with van der Waals surface area (Å²) in [6.07, 6.45) is -1.44. The SMILES string of the molecule is FC(F)(F)Oc1ccccc1C#Cc1ccnc2[nH]ccc12. The van der Waals surface area contributed by atoms with Crippen LogP contribution in [0.1, 0.15) is 11.1 Å². The lowest BCUT2D eigenvalue weighted by molar-refractivity contribution is -0.274. The van der Waals surface area contributed by atoms with E-state index in [0.717, 1.165) is 5.39 Å². The molecule has 0 saturated heterocycles. The van der Waals surface area contributed by atoms with Gasteiger partial charge in [0.15, 0.2) is 0 Å². The lowest BCUT2D eigenvalue weighted by Crippen LogP contribution is -2.17. The highest BCUT2D eigenvalue weighted by molar-refractivity contribution is 5.82. The Morgan fingerprint density at radius 2 is 1.77 bits per heavy atom. The molecule has 6 heteroatoms. The van der Waals surface area contributed by atoms with Gasteiger partial charge in [-0.05, 0) is 24.3 Å². The Morgan fingerprint density at radius 3 is 2.59 bits per heavy atom. The molecule has 0 atom stereocenters.